The molecule has 1 unspecified atom stereocenters. The van der Waals surface area contributed by atoms with E-state index in [1.807, 2.05) is 0 Å². The van der Waals surface area contributed by atoms with Crippen LogP contribution < -0.4 is 15.8 Å². The maximum Gasteiger partial charge on any atom is 0.338 e. The van der Waals surface area contributed by atoms with Gasteiger partial charge in [0.25, 0.3) is 5.91 Å². The van der Waals surface area contributed by atoms with Crippen LogP contribution in [0.15, 0.2) is 17.0 Å². The minimum absolute atomic E-state index is 0.0563. The smallest absolute Gasteiger partial charge is 0.338 e. The van der Waals surface area contributed by atoms with Gasteiger partial charge in [-0.25, -0.2) is 23.1 Å². The van der Waals surface area contributed by atoms with Crippen molar-refractivity contribution in [3.8, 4) is 0 Å². The Balaban J connectivity index is 2.07. The zero-order valence-electron chi connectivity index (χ0n) is 14.7. The van der Waals surface area contributed by atoms with Crippen molar-refractivity contribution in [2.24, 2.45) is 5.14 Å². The number of imide groups is 1. The fraction of sp³-hybridized carbons (Fsp3) is 0.438. The quantitative estimate of drug-likeness (QED) is 0.631. The number of carbonyl (C=O) groups excluding carboxylic acids is 3. The van der Waals surface area contributed by atoms with E-state index < -0.39 is 34.0 Å². The number of esters is 1. The summed E-state index contributed by atoms with van der Waals surface area (Å²) in [5, 5.41) is 9.81. The van der Waals surface area contributed by atoms with Gasteiger partial charge in [0.05, 0.1) is 10.5 Å². The van der Waals surface area contributed by atoms with E-state index in [-0.39, 0.29) is 16.5 Å². The molecule has 0 radical (unpaired) electrons. The SMILES string of the molecule is Cc1cc(C(=O)OC(C)C(=O)NC(=O)NC2CC2)cc(S(N)(=O)=O)c1C. The Kier molecular flexibility index (Phi) is 5.67. The molecule has 1 atom stereocenters. The van der Waals surface area contributed by atoms with Crippen molar-refractivity contribution in [3.63, 3.8) is 0 Å². The highest BCUT2D eigenvalue weighted by Gasteiger charge is 2.26. The minimum atomic E-state index is -4.02. The number of sulfonamides is 1. The summed E-state index contributed by atoms with van der Waals surface area (Å²) in [6.07, 6.45) is 0.489. The maximum absolute atomic E-state index is 12.2. The summed E-state index contributed by atoms with van der Waals surface area (Å²) in [7, 11) is -4.02. The van der Waals surface area contributed by atoms with Gasteiger partial charge in [-0.05, 0) is 56.9 Å². The number of rotatable bonds is 5. The number of amides is 3. The second-order valence-corrected chi connectivity index (χ2v) is 7.78. The van der Waals surface area contributed by atoms with Crippen LogP contribution in [0.1, 0.15) is 41.3 Å². The van der Waals surface area contributed by atoms with E-state index in [1.165, 1.54) is 13.0 Å². The van der Waals surface area contributed by atoms with Crippen LogP contribution in [-0.2, 0) is 19.6 Å². The molecule has 2 rings (SSSR count). The predicted octanol–water partition coefficient (Wildman–Crippen LogP) is 0.484. The summed E-state index contributed by atoms with van der Waals surface area (Å²) in [5.74, 6) is -1.68. The molecule has 0 aromatic heterocycles. The van der Waals surface area contributed by atoms with Crippen LogP contribution in [0.2, 0.25) is 0 Å². The summed E-state index contributed by atoms with van der Waals surface area (Å²) < 4.78 is 28.3. The van der Waals surface area contributed by atoms with Crippen molar-refractivity contribution < 1.29 is 27.5 Å². The number of primary sulfonamides is 1. The molecule has 4 N–H and O–H groups in total. The van der Waals surface area contributed by atoms with E-state index in [0.29, 0.717) is 11.1 Å². The number of nitrogens with two attached hydrogens (primary N) is 1. The van der Waals surface area contributed by atoms with Crippen LogP contribution in [-0.4, -0.2) is 38.5 Å². The van der Waals surface area contributed by atoms with Crippen LogP contribution in [0.3, 0.4) is 0 Å². The average Bonchev–Trinajstić information content (AvgIpc) is 3.31. The van der Waals surface area contributed by atoms with Gasteiger partial charge in [0.2, 0.25) is 10.0 Å². The lowest BCUT2D eigenvalue weighted by atomic mass is 10.1. The molecule has 1 aromatic rings. The summed E-state index contributed by atoms with van der Waals surface area (Å²) in [4.78, 5) is 35.5. The number of nitrogens with one attached hydrogen (secondary N) is 2. The first-order valence-electron chi connectivity index (χ1n) is 7.95. The molecule has 1 aromatic carbocycles. The number of hydrogen-bond acceptors (Lipinski definition) is 6. The fourth-order valence-electron chi connectivity index (χ4n) is 2.19. The van der Waals surface area contributed by atoms with Crippen LogP contribution in [0.4, 0.5) is 4.79 Å². The van der Waals surface area contributed by atoms with E-state index in [9.17, 15) is 22.8 Å². The van der Waals surface area contributed by atoms with Gasteiger partial charge < -0.3 is 10.1 Å². The van der Waals surface area contributed by atoms with Crippen LogP contribution in [0.25, 0.3) is 0 Å². The number of aryl methyl sites for hydroxylation is 1. The normalized spacial score (nSPS) is 15.1. The van der Waals surface area contributed by atoms with Crippen LogP contribution >= 0.6 is 0 Å². The van der Waals surface area contributed by atoms with Gasteiger partial charge in [-0.2, -0.15) is 0 Å². The van der Waals surface area contributed by atoms with Crippen molar-refractivity contribution in [2.45, 2.75) is 50.7 Å². The van der Waals surface area contributed by atoms with Crippen molar-refractivity contribution in [1.82, 2.24) is 10.6 Å². The van der Waals surface area contributed by atoms with Gasteiger partial charge in [0.15, 0.2) is 6.10 Å². The molecule has 142 valence electrons. The molecule has 1 fully saturated rings. The first-order valence-corrected chi connectivity index (χ1v) is 9.50. The first kappa shape index (κ1) is 19.9. The van der Waals surface area contributed by atoms with Crippen molar-refractivity contribution in [3.05, 3.63) is 28.8 Å². The van der Waals surface area contributed by atoms with Gasteiger partial charge in [-0.3, -0.25) is 10.1 Å². The molecule has 3 amide bonds. The molecule has 9 nitrogen and oxygen atoms in total. The number of urea groups is 1. The second-order valence-electron chi connectivity index (χ2n) is 6.25. The summed E-state index contributed by atoms with van der Waals surface area (Å²) in [6, 6.07) is 1.97. The highest BCUT2D eigenvalue weighted by molar-refractivity contribution is 7.89. The Morgan fingerprint density at radius 3 is 2.38 bits per heavy atom. The van der Waals surface area contributed by atoms with Crippen molar-refractivity contribution >= 4 is 27.9 Å². The van der Waals surface area contributed by atoms with Crippen LogP contribution in [0.5, 0.6) is 0 Å². The lowest BCUT2D eigenvalue weighted by molar-refractivity contribution is -0.127. The van der Waals surface area contributed by atoms with Gasteiger partial charge in [-0.15, -0.1) is 0 Å². The molecule has 0 bridgehead atoms. The third-order valence-corrected chi connectivity index (χ3v) is 5.00. The Morgan fingerprint density at radius 1 is 1.23 bits per heavy atom. The van der Waals surface area contributed by atoms with Crippen molar-refractivity contribution in [2.75, 3.05) is 0 Å². The molecular weight excluding hydrogens is 362 g/mol. The summed E-state index contributed by atoms with van der Waals surface area (Å²) >= 11 is 0. The topological polar surface area (TPSA) is 145 Å². The molecule has 0 saturated heterocycles. The lowest BCUT2D eigenvalue weighted by Crippen LogP contribution is -2.45. The van der Waals surface area contributed by atoms with E-state index in [0.717, 1.165) is 18.9 Å². The maximum atomic E-state index is 12.2. The van der Waals surface area contributed by atoms with Gasteiger partial charge in [-0.1, -0.05) is 0 Å². The monoisotopic (exact) mass is 383 g/mol. The first-order chi connectivity index (χ1) is 12.0. The molecule has 1 aliphatic carbocycles. The molecule has 10 heteroatoms. The Labute approximate surface area is 151 Å². The second kappa shape index (κ2) is 7.42. The van der Waals surface area contributed by atoms with E-state index >= 15 is 0 Å². The number of benzene rings is 1. The molecule has 1 aliphatic rings. The zero-order chi connectivity index (χ0) is 19.6. The largest absolute Gasteiger partial charge is 0.449 e. The lowest BCUT2D eigenvalue weighted by Gasteiger charge is -2.15. The highest BCUT2D eigenvalue weighted by atomic mass is 32.2. The Bertz CT molecular complexity index is 861. The molecule has 0 aliphatic heterocycles. The number of hydrogen-bond donors (Lipinski definition) is 3. The molecule has 26 heavy (non-hydrogen) atoms. The highest BCUT2D eigenvalue weighted by Crippen LogP contribution is 2.21. The summed E-state index contributed by atoms with van der Waals surface area (Å²) in [6.45, 7) is 4.50. The van der Waals surface area contributed by atoms with Crippen molar-refractivity contribution in [1.29, 1.82) is 0 Å². The van der Waals surface area contributed by atoms with E-state index in [4.69, 9.17) is 9.88 Å². The van der Waals surface area contributed by atoms with E-state index in [2.05, 4.69) is 10.6 Å². The third-order valence-electron chi connectivity index (χ3n) is 3.96. The molecule has 0 spiro atoms. The van der Waals surface area contributed by atoms with Crippen LogP contribution in [0, 0.1) is 13.8 Å². The molecule has 0 heterocycles. The van der Waals surface area contributed by atoms with Gasteiger partial charge in [0.1, 0.15) is 0 Å². The zero-order valence-corrected chi connectivity index (χ0v) is 15.5. The molecular formula is C16H21N3O6S. The Hall–Kier alpha value is -2.46. The van der Waals surface area contributed by atoms with Gasteiger partial charge in [0, 0.05) is 6.04 Å². The van der Waals surface area contributed by atoms with E-state index in [1.54, 1.807) is 13.8 Å². The third kappa shape index (κ3) is 5.02. The standard InChI is InChI=1S/C16H21N3O6S/c1-8-6-11(7-13(9(8)2)26(17,23)24)15(21)25-10(3)14(20)19-16(22)18-12-4-5-12/h6-7,10,12H,4-5H2,1-3H3,(H2,17,23,24)(H2,18,19,20,22). The van der Waals surface area contributed by atoms with Gasteiger partial charge >= 0.3 is 12.0 Å². The Morgan fingerprint density at radius 2 is 1.85 bits per heavy atom. The number of ether oxygens (including phenoxy) is 1. The average molecular weight is 383 g/mol. The fourth-order valence-corrected chi connectivity index (χ4v) is 3.06. The number of carbonyl (C=O) groups is 3. The summed E-state index contributed by atoms with van der Waals surface area (Å²) in [5.41, 5.74) is 0.898. The minimum Gasteiger partial charge on any atom is -0.449 e. The molecule has 1 saturated carbocycles. The predicted molar refractivity (Wildman–Crippen MR) is 91.9 cm³/mol.